The molecule has 3 aliphatic heterocycles. The van der Waals surface area contributed by atoms with E-state index >= 15 is 0 Å². The summed E-state index contributed by atoms with van der Waals surface area (Å²) in [7, 11) is 0. The summed E-state index contributed by atoms with van der Waals surface area (Å²) in [4.78, 5) is 19.0. The lowest BCUT2D eigenvalue weighted by Crippen LogP contribution is -2.63. The van der Waals surface area contributed by atoms with E-state index in [1.807, 2.05) is 25.7 Å². The zero-order valence-electron chi connectivity index (χ0n) is 14.4. The number of hydrogen-bond donors (Lipinski definition) is 0. The number of likely N-dealkylation sites (tertiary alicyclic amines) is 3. The molecular formula is C17H31N3O2. The first kappa shape index (κ1) is 16.1. The number of rotatable bonds is 3. The van der Waals surface area contributed by atoms with Gasteiger partial charge in [-0.3, -0.25) is 9.80 Å². The smallest absolute Gasteiger partial charge is 0.410 e. The highest BCUT2D eigenvalue weighted by atomic mass is 16.6. The minimum atomic E-state index is -0.388. The van der Waals surface area contributed by atoms with Gasteiger partial charge in [0.25, 0.3) is 0 Å². The van der Waals surface area contributed by atoms with Gasteiger partial charge in [0.15, 0.2) is 0 Å². The summed E-state index contributed by atoms with van der Waals surface area (Å²) >= 11 is 0. The summed E-state index contributed by atoms with van der Waals surface area (Å²) in [6.07, 6.45) is 4.02. The van der Waals surface area contributed by atoms with Gasteiger partial charge in [0.05, 0.1) is 0 Å². The van der Waals surface area contributed by atoms with Crippen molar-refractivity contribution in [1.29, 1.82) is 0 Å². The second-order valence-electron chi connectivity index (χ2n) is 8.22. The van der Waals surface area contributed by atoms with Gasteiger partial charge >= 0.3 is 6.09 Å². The van der Waals surface area contributed by atoms with Gasteiger partial charge in [-0.2, -0.15) is 0 Å². The van der Waals surface area contributed by atoms with Crippen LogP contribution < -0.4 is 0 Å². The summed E-state index contributed by atoms with van der Waals surface area (Å²) in [5, 5.41) is 0. The molecule has 22 heavy (non-hydrogen) atoms. The maximum atomic E-state index is 11.9. The van der Waals surface area contributed by atoms with E-state index in [-0.39, 0.29) is 11.7 Å². The van der Waals surface area contributed by atoms with E-state index in [1.165, 1.54) is 45.4 Å². The van der Waals surface area contributed by atoms with Crippen molar-refractivity contribution in [2.45, 2.75) is 51.7 Å². The summed E-state index contributed by atoms with van der Waals surface area (Å²) < 4.78 is 5.40. The predicted molar refractivity (Wildman–Crippen MR) is 86.9 cm³/mol. The zero-order chi connectivity index (χ0) is 15.7. The molecule has 0 atom stereocenters. The van der Waals surface area contributed by atoms with E-state index in [1.54, 1.807) is 0 Å². The molecule has 0 unspecified atom stereocenters. The number of carbonyl (C=O) groups is 1. The van der Waals surface area contributed by atoms with Gasteiger partial charge in [0.2, 0.25) is 0 Å². The van der Waals surface area contributed by atoms with E-state index in [4.69, 9.17) is 4.74 Å². The third-order valence-corrected chi connectivity index (χ3v) is 4.97. The number of carbonyl (C=O) groups excluding carboxylic acids is 1. The van der Waals surface area contributed by atoms with Crippen LogP contribution in [0.4, 0.5) is 4.79 Å². The van der Waals surface area contributed by atoms with Gasteiger partial charge in [-0.05, 0) is 46.7 Å². The Balaban J connectivity index is 1.30. The van der Waals surface area contributed by atoms with E-state index in [0.29, 0.717) is 5.92 Å². The van der Waals surface area contributed by atoms with E-state index in [9.17, 15) is 4.79 Å². The molecule has 0 aromatic heterocycles. The normalized spacial score (nSPS) is 25.7. The minimum Gasteiger partial charge on any atom is -0.444 e. The highest BCUT2D eigenvalue weighted by molar-refractivity contribution is 5.69. The number of piperidine rings is 1. The molecule has 3 rings (SSSR count). The lowest BCUT2D eigenvalue weighted by atomic mass is 9.96. The highest BCUT2D eigenvalue weighted by Gasteiger charge is 2.38. The Bertz CT molecular complexity index is 389. The fourth-order valence-electron chi connectivity index (χ4n) is 3.73. The first-order chi connectivity index (χ1) is 10.4. The highest BCUT2D eigenvalue weighted by Crippen LogP contribution is 2.25. The molecule has 3 saturated heterocycles. The summed E-state index contributed by atoms with van der Waals surface area (Å²) in [5.74, 6) is 0.634. The lowest BCUT2D eigenvalue weighted by molar-refractivity contribution is -0.0264. The van der Waals surface area contributed by atoms with Crippen LogP contribution in [-0.4, -0.2) is 78.2 Å². The second-order valence-corrected chi connectivity index (χ2v) is 8.22. The summed E-state index contributed by atoms with van der Waals surface area (Å²) in [6, 6.07) is 0.794. The first-order valence-corrected chi connectivity index (χ1v) is 8.85. The Morgan fingerprint density at radius 2 is 1.68 bits per heavy atom. The molecule has 0 saturated carbocycles. The van der Waals surface area contributed by atoms with Crippen LogP contribution in [0.15, 0.2) is 0 Å². The van der Waals surface area contributed by atoms with Crippen molar-refractivity contribution in [3.05, 3.63) is 0 Å². The van der Waals surface area contributed by atoms with E-state index in [0.717, 1.165) is 25.7 Å². The molecule has 3 heterocycles. The van der Waals surface area contributed by atoms with Gasteiger partial charge in [0.1, 0.15) is 5.60 Å². The Morgan fingerprint density at radius 3 is 2.27 bits per heavy atom. The van der Waals surface area contributed by atoms with Crippen LogP contribution in [0, 0.1) is 5.92 Å². The van der Waals surface area contributed by atoms with Gasteiger partial charge in [-0.1, -0.05) is 6.42 Å². The maximum absolute atomic E-state index is 11.9. The molecule has 0 aliphatic carbocycles. The molecule has 0 radical (unpaired) electrons. The van der Waals surface area contributed by atoms with E-state index in [2.05, 4.69) is 9.80 Å². The largest absolute Gasteiger partial charge is 0.444 e. The lowest BCUT2D eigenvalue weighted by Gasteiger charge is -2.50. The van der Waals surface area contributed by atoms with Crippen LogP contribution in [0.2, 0.25) is 0 Å². The van der Waals surface area contributed by atoms with Crippen LogP contribution in [-0.2, 0) is 4.74 Å². The van der Waals surface area contributed by atoms with Crippen LogP contribution in [0.1, 0.15) is 40.0 Å². The quantitative estimate of drug-likeness (QED) is 0.799. The van der Waals surface area contributed by atoms with Crippen LogP contribution in [0.3, 0.4) is 0 Å². The van der Waals surface area contributed by atoms with E-state index < -0.39 is 0 Å². The molecule has 0 bridgehead atoms. The SMILES string of the molecule is CC(C)(C)OC(=O)N1CC(CN2CC(N3CCCCC3)C2)C1. The number of hydrogen-bond acceptors (Lipinski definition) is 4. The molecular weight excluding hydrogens is 278 g/mol. The van der Waals surface area contributed by atoms with Crippen molar-refractivity contribution in [3.8, 4) is 0 Å². The van der Waals surface area contributed by atoms with Gasteiger partial charge in [-0.25, -0.2) is 4.79 Å². The average molecular weight is 309 g/mol. The van der Waals surface area contributed by atoms with Crippen molar-refractivity contribution >= 4 is 6.09 Å². The fraction of sp³-hybridized carbons (Fsp3) is 0.941. The van der Waals surface area contributed by atoms with Gasteiger partial charge in [-0.15, -0.1) is 0 Å². The average Bonchev–Trinajstić information content (AvgIpc) is 2.33. The van der Waals surface area contributed by atoms with Crippen molar-refractivity contribution in [1.82, 2.24) is 14.7 Å². The number of nitrogens with zero attached hydrogens (tertiary/aromatic N) is 3. The van der Waals surface area contributed by atoms with Crippen molar-refractivity contribution in [2.75, 3.05) is 45.8 Å². The Hall–Kier alpha value is -0.810. The summed E-state index contributed by atoms with van der Waals surface area (Å²) in [5.41, 5.74) is -0.388. The Labute approximate surface area is 134 Å². The van der Waals surface area contributed by atoms with Crippen molar-refractivity contribution < 1.29 is 9.53 Å². The molecule has 3 fully saturated rings. The third kappa shape index (κ3) is 3.93. The fourth-order valence-corrected chi connectivity index (χ4v) is 3.73. The maximum Gasteiger partial charge on any atom is 0.410 e. The third-order valence-electron chi connectivity index (χ3n) is 4.97. The standard InChI is InChI=1S/C17H31N3O2/c1-17(2,3)22-16(21)20-10-14(11-20)9-18-12-15(13-18)19-7-5-4-6-8-19/h14-15H,4-13H2,1-3H3. The molecule has 0 N–H and O–H groups in total. The molecule has 5 nitrogen and oxygen atoms in total. The minimum absolute atomic E-state index is 0.154. The molecule has 0 aromatic carbocycles. The Morgan fingerprint density at radius 1 is 1.05 bits per heavy atom. The van der Waals surface area contributed by atoms with Crippen LogP contribution >= 0.6 is 0 Å². The number of ether oxygens (including phenoxy) is 1. The Kier molecular flexibility index (Phi) is 4.64. The zero-order valence-corrected chi connectivity index (χ0v) is 14.4. The van der Waals surface area contributed by atoms with Crippen LogP contribution in [0.25, 0.3) is 0 Å². The monoisotopic (exact) mass is 309 g/mol. The molecule has 0 aromatic rings. The van der Waals surface area contributed by atoms with Gasteiger partial charge < -0.3 is 9.64 Å². The topological polar surface area (TPSA) is 36.0 Å². The molecule has 5 heteroatoms. The summed E-state index contributed by atoms with van der Waals surface area (Å²) in [6.45, 7) is 13.7. The van der Waals surface area contributed by atoms with Crippen molar-refractivity contribution in [3.63, 3.8) is 0 Å². The first-order valence-electron chi connectivity index (χ1n) is 8.85. The number of amides is 1. The predicted octanol–water partition coefficient (Wildman–Crippen LogP) is 2.02. The molecule has 1 amide bonds. The molecule has 3 aliphatic rings. The second kappa shape index (κ2) is 6.36. The van der Waals surface area contributed by atoms with Crippen LogP contribution in [0.5, 0.6) is 0 Å². The van der Waals surface area contributed by atoms with Crippen molar-refractivity contribution in [2.24, 2.45) is 5.92 Å². The van der Waals surface area contributed by atoms with Gasteiger partial charge in [0, 0.05) is 44.7 Å². The molecule has 126 valence electrons. The molecule has 0 spiro atoms.